The number of hydrogen-bond donors (Lipinski definition) is 3. The van der Waals surface area contributed by atoms with Crippen LogP contribution in [0.5, 0.6) is 0 Å². The van der Waals surface area contributed by atoms with Crippen LogP contribution >= 0.6 is 11.3 Å². The lowest BCUT2D eigenvalue weighted by Crippen LogP contribution is -2.39. The molecule has 4 rings (SSSR count). The van der Waals surface area contributed by atoms with Crippen molar-refractivity contribution in [1.82, 2.24) is 15.6 Å². The number of hydrogen-bond acceptors (Lipinski definition) is 6. The van der Waals surface area contributed by atoms with Crippen molar-refractivity contribution in [3.05, 3.63) is 75.7 Å². The number of carbonyl (C=O) groups is 3. The van der Waals surface area contributed by atoms with E-state index >= 15 is 0 Å². The average molecular weight is 466 g/mol. The number of carboxylic acids is 1. The molecule has 1 aliphatic rings. The van der Waals surface area contributed by atoms with Crippen molar-refractivity contribution in [2.24, 2.45) is 0 Å². The van der Waals surface area contributed by atoms with E-state index in [1.54, 1.807) is 5.38 Å². The highest BCUT2D eigenvalue weighted by Crippen LogP contribution is 2.44. The molecule has 0 saturated heterocycles. The van der Waals surface area contributed by atoms with Gasteiger partial charge in [-0.25, -0.2) is 9.78 Å². The van der Waals surface area contributed by atoms with Gasteiger partial charge in [0.2, 0.25) is 5.91 Å². The number of nitrogens with zero attached hydrogens (tertiary/aromatic N) is 1. The molecule has 9 heteroatoms. The van der Waals surface area contributed by atoms with Crippen LogP contribution in [0.2, 0.25) is 0 Å². The Bertz CT molecular complexity index is 1150. The molecule has 3 N–H and O–H groups in total. The molecule has 0 spiro atoms. The first kappa shape index (κ1) is 22.5. The summed E-state index contributed by atoms with van der Waals surface area (Å²) < 4.78 is 5.51. The van der Waals surface area contributed by atoms with Crippen LogP contribution in [0.3, 0.4) is 0 Å². The number of carbonyl (C=O) groups excluding carboxylic acids is 2. The standard InChI is InChI=1S/C24H23N3O5S/c1-14(23(29)30)26-21(28)10-15-13-33-22(27-15)11-25-24(31)32-12-20-18-8-4-2-6-16(18)17-7-3-5-9-19(17)20/h2-9,13-14,20H,10-12H2,1H3,(H,25,31)(H,26,28)(H,29,30)/t14-/m0/s1. The average Bonchev–Trinajstić information content (AvgIpc) is 3.38. The Morgan fingerprint density at radius 1 is 1.09 bits per heavy atom. The van der Waals surface area contributed by atoms with Gasteiger partial charge in [-0.3, -0.25) is 9.59 Å². The molecule has 0 aliphatic heterocycles. The number of alkyl carbamates (subject to hydrolysis) is 1. The van der Waals surface area contributed by atoms with Gasteiger partial charge in [-0.15, -0.1) is 11.3 Å². The number of fused-ring (bicyclic) bond motifs is 3. The monoisotopic (exact) mass is 465 g/mol. The summed E-state index contributed by atoms with van der Waals surface area (Å²) >= 11 is 1.31. The Kier molecular flexibility index (Phi) is 6.69. The molecule has 3 aromatic rings. The van der Waals surface area contributed by atoms with Crippen molar-refractivity contribution in [2.75, 3.05) is 6.61 Å². The van der Waals surface area contributed by atoms with Gasteiger partial charge in [0.15, 0.2) is 0 Å². The largest absolute Gasteiger partial charge is 0.480 e. The molecule has 0 unspecified atom stereocenters. The van der Waals surface area contributed by atoms with E-state index in [1.165, 1.54) is 29.4 Å². The number of rotatable bonds is 8. The SMILES string of the molecule is C[C@H](NC(=O)Cc1csc(CNC(=O)OCC2c3ccccc3-c3ccccc32)n1)C(=O)O. The maximum atomic E-state index is 12.3. The number of aromatic nitrogens is 1. The van der Waals surface area contributed by atoms with Crippen LogP contribution in [-0.2, 0) is 27.3 Å². The Balaban J connectivity index is 1.28. The van der Waals surface area contributed by atoms with E-state index < -0.39 is 24.0 Å². The van der Waals surface area contributed by atoms with E-state index in [1.807, 2.05) is 24.3 Å². The normalized spacial score (nSPS) is 13.0. The van der Waals surface area contributed by atoms with E-state index in [-0.39, 0.29) is 25.5 Å². The summed E-state index contributed by atoms with van der Waals surface area (Å²) in [5, 5.41) is 16.3. The summed E-state index contributed by atoms with van der Waals surface area (Å²) in [7, 11) is 0. The van der Waals surface area contributed by atoms with Crippen LogP contribution in [0, 0.1) is 0 Å². The lowest BCUT2D eigenvalue weighted by atomic mass is 9.98. The van der Waals surface area contributed by atoms with Gasteiger partial charge >= 0.3 is 12.1 Å². The van der Waals surface area contributed by atoms with Gasteiger partial charge in [-0.05, 0) is 29.2 Å². The highest BCUT2D eigenvalue weighted by Gasteiger charge is 2.29. The number of carboxylic acid groups (broad SMARTS) is 1. The minimum Gasteiger partial charge on any atom is -0.480 e. The maximum Gasteiger partial charge on any atom is 0.407 e. The van der Waals surface area contributed by atoms with E-state index in [9.17, 15) is 14.4 Å². The van der Waals surface area contributed by atoms with Gasteiger partial charge in [0.25, 0.3) is 0 Å². The fourth-order valence-electron chi connectivity index (χ4n) is 3.83. The second kappa shape index (κ2) is 9.83. The predicted octanol–water partition coefficient (Wildman–Crippen LogP) is 3.31. The van der Waals surface area contributed by atoms with E-state index in [4.69, 9.17) is 9.84 Å². The third kappa shape index (κ3) is 5.20. The number of benzene rings is 2. The third-order valence-corrected chi connectivity index (χ3v) is 6.31. The molecular weight excluding hydrogens is 442 g/mol. The molecule has 8 nitrogen and oxygen atoms in total. The van der Waals surface area contributed by atoms with E-state index in [0.29, 0.717) is 10.7 Å². The lowest BCUT2D eigenvalue weighted by molar-refractivity contribution is -0.141. The van der Waals surface area contributed by atoms with E-state index in [0.717, 1.165) is 11.1 Å². The Labute approximate surface area is 194 Å². The maximum absolute atomic E-state index is 12.3. The molecule has 1 aromatic heterocycles. The first-order chi connectivity index (χ1) is 15.9. The molecule has 0 bridgehead atoms. The van der Waals surface area contributed by atoms with Gasteiger partial charge in [0.05, 0.1) is 18.7 Å². The van der Waals surface area contributed by atoms with Crippen molar-refractivity contribution in [3.8, 4) is 11.1 Å². The quantitative estimate of drug-likeness (QED) is 0.470. The van der Waals surface area contributed by atoms with Gasteiger partial charge < -0.3 is 20.5 Å². The smallest absolute Gasteiger partial charge is 0.407 e. The van der Waals surface area contributed by atoms with Crippen LogP contribution in [0.1, 0.15) is 34.7 Å². The summed E-state index contributed by atoms with van der Waals surface area (Å²) in [4.78, 5) is 39.3. The van der Waals surface area contributed by atoms with Gasteiger partial charge in [0, 0.05) is 11.3 Å². The molecule has 0 saturated carbocycles. The fourth-order valence-corrected chi connectivity index (χ4v) is 4.56. The topological polar surface area (TPSA) is 118 Å². The molecular formula is C24H23N3O5S. The Hall–Kier alpha value is -3.72. The minimum atomic E-state index is -1.10. The number of thiazole rings is 1. The van der Waals surface area contributed by atoms with Crippen LogP contribution < -0.4 is 10.6 Å². The molecule has 0 fully saturated rings. The number of amides is 2. The molecule has 1 atom stereocenters. The molecule has 170 valence electrons. The number of ether oxygens (including phenoxy) is 1. The summed E-state index contributed by atoms with van der Waals surface area (Å²) in [6.07, 6.45) is -0.569. The van der Waals surface area contributed by atoms with Crippen molar-refractivity contribution in [2.45, 2.75) is 31.8 Å². The summed E-state index contributed by atoms with van der Waals surface area (Å²) in [5.41, 5.74) is 5.14. The summed E-state index contributed by atoms with van der Waals surface area (Å²) in [5.74, 6) is -1.54. The first-order valence-corrected chi connectivity index (χ1v) is 11.3. The van der Waals surface area contributed by atoms with Crippen LogP contribution in [0.25, 0.3) is 11.1 Å². The second-order valence-corrected chi connectivity index (χ2v) is 8.66. The van der Waals surface area contributed by atoms with Crippen LogP contribution in [0.15, 0.2) is 53.9 Å². The summed E-state index contributed by atoms with van der Waals surface area (Å²) in [6, 6.07) is 15.3. The zero-order chi connectivity index (χ0) is 23.4. The zero-order valence-corrected chi connectivity index (χ0v) is 18.7. The van der Waals surface area contributed by atoms with Gasteiger partial charge in [0.1, 0.15) is 17.7 Å². The number of aliphatic carboxylic acids is 1. The third-order valence-electron chi connectivity index (χ3n) is 5.42. The Morgan fingerprint density at radius 3 is 2.36 bits per heavy atom. The molecule has 33 heavy (non-hydrogen) atoms. The highest BCUT2D eigenvalue weighted by atomic mass is 32.1. The van der Waals surface area contributed by atoms with Crippen molar-refractivity contribution < 1.29 is 24.2 Å². The Morgan fingerprint density at radius 2 is 1.73 bits per heavy atom. The second-order valence-electron chi connectivity index (χ2n) is 7.72. The molecule has 2 aromatic carbocycles. The van der Waals surface area contributed by atoms with Crippen molar-refractivity contribution >= 4 is 29.3 Å². The zero-order valence-electron chi connectivity index (χ0n) is 17.9. The minimum absolute atomic E-state index is 0.0127. The van der Waals surface area contributed by atoms with Gasteiger partial charge in [-0.1, -0.05) is 48.5 Å². The highest BCUT2D eigenvalue weighted by molar-refractivity contribution is 7.09. The fraction of sp³-hybridized carbons (Fsp3) is 0.250. The lowest BCUT2D eigenvalue weighted by Gasteiger charge is -2.14. The predicted molar refractivity (Wildman–Crippen MR) is 123 cm³/mol. The molecule has 2 amide bonds. The van der Waals surface area contributed by atoms with E-state index in [2.05, 4.69) is 39.9 Å². The molecule has 0 radical (unpaired) electrons. The van der Waals surface area contributed by atoms with Crippen LogP contribution in [-0.4, -0.2) is 40.7 Å². The van der Waals surface area contributed by atoms with Gasteiger partial charge in [-0.2, -0.15) is 0 Å². The summed E-state index contributed by atoms with van der Waals surface area (Å²) in [6.45, 7) is 1.80. The van der Waals surface area contributed by atoms with Crippen LogP contribution in [0.4, 0.5) is 4.79 Å². The first-order valence-electron chi connectivity index (χ1n) is 10.5. The van der Waals surface area contributed by atoms with Crippen molar-refractivity contribution in [1.29, 1.82) is 0 Å². The molecule has 1 aliphatic carbocycles. The van der Waals surface area contributed by atoms with Crippen molar-refractivity contribution in [3.63, 3.8) is 0 Å². The molecule has 1 heterocycles. The number of nitrogens with one attached hydrogen (secondary N) is 2.